The quantitative estimate of drug-likeness (QED) is 0.506. The van der Waals surface area contributed by atoms with Crippen molar-refractivity contribution in [3.8, 4) is 0 Å². The van der Waals surface area contributed by atoms with Crippen LogP contribution >= 0.6 is 27.7 Å². The Balaban J connectivity index is 2.68. The van der Waals surface area contributed by atoms with Gasteiger partial charge in [-0.05, 0) is 30.0 Å². The fourth-order valence-corrected chi connectivity index (χ4v) is 3.95. The Morgan fingerprint density at radius 1 is 1.28 bits per heavy atom. The van der Waals surface area contributed by atoms with Crippen LogP contribution < -0.4 is 0 Å². The lowest BCUT2D eigenvalue weighted by atomic mass is 10.0. The molecule has 1 rings (SSSR count). The van der Waals surface area contributed by atoms with Crippen molar-refractivity contribution < 1.29 is 13.2 Å². The van der Waals surface area contributed by atoms with Gasteiger partial charge in [0.25, 0.3) is 0 Å². The second-order valence-corrected chi connectivity index (χ2v) is 6.24. The normalized spacial score (nSPS) is 13.9. The van der Waals surface area contributed by atoms with Crippen molar-refractivity contribution in [2.75, 3.05) is 11.1 Å². The molecule has 0 aliphatic heterocycles. The highest BCUT2D eigenvalue weighted by Crippen LogP contribution is 2.33. The maximum absolute atomic E-state index is 12.5. The number of rotatable bonds is 5. The molecule has 0 fully saturated rings. The first-order chi connectivity index (χ1) is 8.34. The molecule has 0 aromatic heterocycles. The Hall–Kier alpha value is -0.160. The van der Waals surface area contributed by atoms with Gasteiger partial charge in [0.15, 0.2) is 0 Å². The Bertz CT molecular complexity index is 377. The Morgan fingerprint density at radius 2 is 1.94 bits per heavy atom. The van der Waals surface area contributed by atoms with Crippen LogP contribution in [0.4, 0.5) is 13.2 Å². The minimum atomic E-state index is -4.26. The first-order valence-electron chi connectivity index (χ1n) is 5.70. The molecule has 18 heavy (non-hydrogen) atoms. The molecule has 0 bridgehead atoms. The summed E-state index contributed by atoms with van der Waals surface area (Å²) < 4.78 is 37.6. The summed E-state index contributed by atoms with van der Waals surface area (Å²) in [5, 5.41) is 0.872. The van der Waals surface area contributed by atoms with E-state index in [4.69, 9.17) is 0 Å². The van der Waals surface area contributed by atoms with Gasteiger partial charge >= 0.3 is 6.18 Å². The van der Waals surface area contributed by atoms with E-state index in [-0.39, 0.29) is 0 Å². The average molecular weight is 341 g/mol. The van der Waals surface area contributed by atoms with Crippen molar-refractivity contribution in [2.45, 2.75) is 24.9 Å². The third-order valence-electron chi connectivity index (χ3n) is 2.77. The van der Waals surface area contributed by atoms with E-state index in [0.717, 1.165) is 17.1 Å². The summed E-state index contributed by atoms with van der Waals surface area (Å²) in [7, 11) is 0. The summed E-state index contributed by atoms with van der Waals surface area (Å²) >= 11 is 4.92. The van der Waals surface area contributed by atoms with Crippen LogP contribution in [-0.4, -0.2) is 11.1 Å². The molecule has 1 aromatic rings. The van der Waals surface area contributed by atoms with Crippen LogP contribution in [0.2, 0.25) is 0 Å². The van der Waals surface area contributed by atoms with Gasteiger partial charge < -0.3 is 0 Å². The molecule has 0 aliphatic rings. The fourth-order valence-electron chi connectivity index (χ4n) is 1.38. The van der Waals surface area contributed by atoms with E-state index in [2.05, 4.69) is 29.8 Å². The van der Waals surface area contributed by atoms with Crippen molar-refractivity contribution in [1.29, 1.82) is 0 Å². The van der Waals surface area contributed by atoms with Gasteiger partial charge in [0.1, 0.15) is 0 Å². The number of alkyl halides is 4. The molecule has 0 spiro atoms. The van der Waals surface area contributed by atoms with E-state index >= 15 is 0 Å². The summed E-state index contributed by atoms with van der Waals surface area (Å²) in [6.45, 7) is 4.25. The fraction of sp³-hybridized carbons (Fsp3) is 0.538. The smallest absolute Gasteiger partial charge is 0.166 e. The molecule has 0 heterocycles. The third-order valence-corrected chi connectivity index (χ3v) is 4.78. The Morgan fingerprint density at radius 3 is 2.44 bits per heavy atom. The molecule has 1 atom stereocenters. The summed E-state index contributed by atoms with van der Waals surface area (Å²) in [5.41, 5.74) is -0.576. The number of thioether (sulfide) groups is 1. The lowest BCUT2D eigenvalue weighted by molar-refractivity contribution is -0.137. The van der Waals surface area contributed by atoms with Crippen molar-refractivity contribution >= 4 is 27.7 Å². The van der Waals surface area contributed by atoms with Crippen LogP contribution in [0.3, 0.4) is 0 Å². The summed E-state index contributed by atoms with van der Waals surface area (Å²) in [6.07, 6.45) is -4.26. The molecule has 1 aromatic carbocycles. The van der Waals surface area contributed by atoms with E-state index in [1.807, 2.05) is 0 Å². The molecule has 0 radical (unpaired) electrons. The SMILES string of the molecule is CC(C)C(CBr)CSc1cccc(C(F)(F)F)c1. The number of hydrogen-bond acceptors (Lipinski definition) is 1. The molecule has 0 saturated carbocycles. The Kier molecular flexibility index (Phi) is 6.05. The van der Waals surface area contributed by atoms with Crippen LogP contribution in [0.5, 0.6) is 0 Å². The zero-order valence-corrected chi connectivity index (χ0v) is 12.7. The molecule has 0 N–H and O–H groups in total. The van der Waals surface area contributed by atoms with E-state index in [1.165, 1.54) is 23.9 Å². The molecular weight excluding hydrogens is 325 g/mol. The third kappa shape index (κ3) is 4.84. The first-order valence-corrected chi connectivity index (χ1v) is 7.81. The molecule has 0 saturated heterocycles. The van der Waals surface area contributed by atoms with E-state index in [9.17, 15) is 13.2 Å². The van der Waals surface area contributed by atoms with Crippen LogP contribution in [0.25, 0.3) is 0 Å². The lowest BCUT2D eigenvalue weighted by Crippen LogP contribution is -2.13. The van der Waals surface area contributed by atoms with Gasteiger partial charge in [0.2, 0.25) is 0 Å². The van der Waals surface area contributed by atoms with Crippen molar-refractivity contribution in [3.05, 3.63) is 29.8 Å². The predicted molar refractivity (Wildman–Crippen MR) is 74.3 cm³/mol. The minimum Gasteiger partial charge on any atom is -0.166 e. The topological polar surface area (TPSA) is 0 Å². The van der Waals surface area contributed by atoms with Crippen LogP contribution in [0.15, 0.2) is 29.2 Å². The minimum absolute atomic E-state index is 0.463. The van der Waals surface area contributed by atoms with Gasteiger partial charge in [0, 0.05) is 16.0 Å². The largest absolute Gasteiger partial charge is 0.416 e. The lowest BCUT2D eigenvalue weighted by Gasteiger charge is -2.17. The monoisotopic (exact) mass is 340 g/mol. The van der Waals surface area contributed by atoms with Gasteiger partial charge in [-0.1, -0.05) is 35.8 Å². The molecule has 1 unspecified atom stereocenters. The standard InChI is InChI=1S/C13H16BrF3S/c1-9(2)10(7-14)8-18-12-5-3-4-11(6-12)13(15,16)17/h3-6,9-10H,7-8H2,1-2H3. The summed E-state index contributed by atoms with van der Waals surface area (Å²) in [5.74, 6) is 1.80. The van der Waals surface area contributed by atoms with E-state index < -0.39 is 11.7 Å². The molecule has 0 nitrogen and oxygen atoms in total. The van der Waals surface area contributed by atoms with Gasteiger partial charge in [-0.3, -0.25) is 0 Å². The molecule has 0 amide bonds. The highest BCUT2D eigenvalue weighted by molar-refractivity contribution is 9.09. The van der Waals surface area contributed by atoms with Crippen molar-refractivity contribution in [1.82, 2.24) is 0 Å². The maximum atomic E-state index is 12.5. The molecule has 102 valence electrons. The van der Waals surface area contributed by atoms with Crippen molar-refractivity contribution in [2.24, 2.45) is 11.8 Å². The van der Waals surface area contributed by atoms with Gasteiger partial charge in [0.05, 0.1) is 5.56 Å². The second-order valence-electron chi connectivity index (χ2n) is 4.49. The zero-order valence-electron chi connectivity index (χ0n) is 10.3. The van der Waals surface area contributed by atoms with E-state index in [0.29, 0.717) is 16.7 Å². The second kappa shape index (κ2) is 6.85. The summed E-state index contributed by atoms with van der Waals surface area (Å²) in [4.78, 5) is 0.677. The van der Waals surface area contributed by atoms with Crippen LogP contribution in [0.1, 0.15) is 19.4 Å². The summed E-state index contributed by atoms with van der Waals surface area (Å²) in [6, 6.07) is 5.51. The van der Waals surface area contributed by atoms with Crippen LogP contribution in [0, 0.1) is 11.8 Å². The predicted octanol–water partition coefficient (Wildman–Crippen LogP) is 5.46. The van der Waals surface area contributed by atoms with Gasteiger partial charge in [-0.2, -0.15) is 13.2 Å². The van der Waals surface area contributed by atoms with Gasteiger partial charge in [-0.15, -0.1) is 11.8 Å². The first kappa shape index (κ1) is 15.9. The highest BCUT2D eigenvalue weighted by atomic mass is 79.9. The number of hydrogen-bond donors (Lipinski definition) is 0. The highest BCUT2D eigenvalue weighted by Gasteiger charge is 2.30. The number of benzene rings is 1. The molecule has 5 heteroatoms. The Labute approximate surface area is 118 Å². The molecule has 0 aliphatic carbocycles. The maximum Gasteiger partial charge on any atom is 0.416 e. The van der Waals surface area contributed by atoms with Gasteiger partial charge in [-0.25, -0.2) is 0 Å². The average Bonchev–Trinajstić information content (AvgIpc) is 2.28. The van der Waals surface area contributed by atoms with E-state index in [1.54, 1.807) is 6.07 Å². The molecular formula is C13H16BrF3S. The zero-order chi connectivity index (χ0) is 13.8. The van der Waals surface area contributed by atoms with Crippen molar-refractivity contribution in [3.63, 3.8) is 0 Å². The van der Waals surface area contributed by atoms with Crippen LogP contribution in [-0.2, 0) is 6.18 Å². The number of halogens is 4.